The van der Waals surface area contributed by atoms with Gasteiger partial charge in [-0.25, -0.2) is 8.42 Å². The fraction of sp³-hybridized carbons (Fsp3) is 0.214. The lowest BCUT2D eigenvalue weighted by Gasteiger charge is -2.23. The lowest BCUT2D eigenvalue weighted by molar-refractivity contribution is 0.101. The SMILES string of the molecule is COc1cc2cc(CN(CCc3ccccc3)S(=O)(=O)c3cccc(C(C)=O)c3)c(=O)[nH]c2cc1OC. The number of carbonyl (C=O) groups excluding carboxylic acids is 1. The number of rotatable bonds is 10. The number of sulfonamides is 1. The van der Waals surface area contributed by atoms with Gasteiger partial charge in [-0.1, -0.05) is 42.5 Å². The van der Waals surface area contributed by atoms with Crippen LogP contribution in [-0.4, -0.2) is 44.3 Å². The molecule has 0 aliphatic rings. The molecule has 1 heterocycles. The topological polar surface area (TPSA) is 106 Å². The molecule has 1 N–H and O–H groups in total. The van der Waals surface area contributed by atoms with Gasteiger partial charge in [-0.05, 0) is 43.2 Å². The van der Waals surface area contributed by atoms with Crippen LogP contribution in [0.5, 0.6) is 11.5 Å². The van der Waals surface area contributed by atoms with Gasteiger partial charge in [0.1, 0.15) is 0 Å². The van der Waals surface area contributed by atoms with E-state index in [1.807, 2.05) is 30.3 Å². The van der Waals surface area contributed by atoms with Crippen LogP contribution in [0.3, 0.4) is 0 Å². The minimum Gasteiger partial charge on any atom is -0.493 e. The number of aromatic nitrogens is 1. The third kappa shape index (κ3) is 5.73. The minimum absolute atomic E-state index is 0.00288. The molecule has 0 fully saturated rings. The van der Waals surface area contributed by atoms with Crippen LogP contribution >= 0.6 is 0 Å². The maximum absolute atomic E-state index is 13.8. The summed E-state index contributed by atoms with van der Waals surface area (Å²) >= 11 is 0. The Morgan fingerprint density at radius 1 is 0.919 bits per heavy atom. The Labute approximate surface area is 215 Å². The van der Waals surface area contributed by atoms with Gasteiger partial charge >= 0.3 is 0 Å². The first-order valence-electron chi connectivity index (χ1n) is 11.7. The van der Waals surface area contributed by atoms with Crippen LogP contribution in [0.15, 0.2) is 82.5 Å². The first-order valence-corrected chi connectivity index (χ1v) is 13.1. The first kappa shape index (κ1) is 26.1. The third-order valence-electron chi connectivity index (χ3n) is 6.14. The zero-order valence-electron chi connectivity index (χ0n) is 20.9. The molecule has 9 heteroatoms. The molecule has 0 radical (unpaired) electrons. The van der Waals surface area contributed by atoms with E-state index >= 15 is 0 Å². The van der Waals surface area contributed by atoms with Gasteiger partial charge in [0.05, 0.1) is 24.6 Å². The van der Waals surface area contributed by atoms with Crippen molar-refractivity contribution in [2.24, 2.45) is 0 Å². The van der Waals surface area contributed by atoms with Crippen LogP contribution in [0.1, 0.15) is 28.4 Å². The average molecular weight is 521 g/mol. The second-order valence-corrected chi connectivity index (χ2v) is 10.5. The summed E-state index contributed by atoms with van der Waals surface area (Å²) in [6, 6.07) is 20.5. The fourth-order valence-electron chi connectivity index (χ4n) is 4.09. The Hall–Kier alpha value is -3.95. The summed E-state index contributed by atoms with van der Waals surface area (Å²) in [5.41, 5.74) is 1.67. The highest BCUT2D eigenvalue weighted by Crippen LogP contribution is 2.31. The number of pyridine rings is 1. The molecule has 0 spiro atoms. The summed E-state index contributed by atoms with van der Waals surface area (Å²) in [7, 11) is -1.01. The van der Waals surface area contributed by atoms with Gasteiger partial charge in [-0.15, -0.1) is 0 Å². The molecule has 37 heavy (non-hydrogen) atoms. The van der Waals surface area contributed by atoms with Gasteiger partial charge in [-0.3, -0.25) is 9.59 Å². The monoisotopic (exact) mass is 520 g/mol. The number of benzene rings is 3. The summed E-state index contributed by atoms with van der Waals surface area (Å²) < 4.78 is 39.5. The van der Waals surface area contributed by atoms with Crippen LogP contribution in [0.25, 0.3) is 10.9 Å². The molecule has 4 aromatic rings. The lowest BCUT2D eigenvalue weighted by atomic mass is 10.1. The van der Waals surface area contributed by atoms with E-state index in [-0.39, 0.29) is 29.3 Å². The van der Waals surface area contributed by atoms with E-state index in [0.29, 0.717) is 34.4 Å². The maximum atomic E-state index is 13.8. The number of Topliss-reactive ketones (excluding diaryl/α,β-unsaturated/α-hetero) is 1. The molecular formula is C28H28N2O6S. The average Bonchev–Trinajstić information content (AvgIpc) is 2.91. The minimum atomic E-state index is -4.04. The summed E-state index contributed by atoms with van der Waals surface area (Å²) in [4.78, 5) is 27.7. The van der Waals surface area contributed by atoms with Crippen molar-refractivity contribution < 1.29 is 22.7 Å². The third-order valence-corrected chi connectivity index (χ3v) is 7.98. The Bertz CT molecular complexity index is 1600. The fourth-order valence-corrected chi connectivity index (χ4v) is 5.56. The molecule has 1 aromatic heterocycles. The highest BCUT2D eigenvalue weighted by molar-refractivity contribution is 7.89. The molecule has 0 saturated carbocycles. The predicted octanol–water partition coefficient (Wildman–Crippen LogP) is 4.18. The number of carbonyl (C=O) groups is 1. The first-order chi connectivity index (χ1) is 17.7. The highest BCUT2D eigenvalue weighted by Gasteiger charge is 2.26. The van der Waals surface area contributed by atoms with Crippen molar-refractivity contribution in [3.63, 3.8) is 0 Å². The largest absolute Gasteiger partial charge is 0.493 e. The van der Waals surface area contributed by atoms with E-state index in [9.17, 15) is 18.0 Å². The smallest absolute Gasteiger partial charge is 0.252 e. The number of fused-ring (bicyclic) bond motifs is 1. The van der Waals surface area contributed by atoms with Crippen LogP contribution < -0.4 is 15.0 Å². The number of aromatic amines is 1. The van der Waals surface area contributed by atoms with Crippen LogP contribution in [0.4, 0.5) is 0 Å². The number of hydrogen-bond acceptors (Lipinski definition) is 6. The molecule has 0 unspecified atom stereocenters. The molecule has 0 aliphatic carbocycles. The van der Waals surface area contributed by atoms with Gasteiger partial charge in [0.2, 0.25) is 10.0 Å². The maximum Gasteiger partial charge on any atom is 0.252 e. The normalized spacial score (nSPS) is 11.6. The molecule has 3 aromatic carbocycles. The second-order valence-electron chi connectivity index (χ2n) is 8.58. The van der Waals surface area contributed by atoms with Crippen molar-refractivity contribution in [3.05, 3.63) is 99.8 Å². The molecule has 0 bridgehead atoms. The quantitative estimate of drug-likeness (QED) is 0.315. The van der Waals surface area contributed by atoms with Gasteiger partial charge in [0, 0.05) is 35.7 Å². The van der Waals surface area contributed by atoms with Crippen molar-refractivity contribution in [2.45, 2.75) is 24.8 Å². The van der Waals surface area contributed by atoms with Gasteiger partial charge < -0.3 is 14.5 Å². The lowest BCUT2D eigenvalue weighted by Crippen LogP contribution is -2.34. The number of methoxy groups -OCH3 is 2. The second kappa shape index (κ2) is 11.0. The number of nitrogens with zero attached hydrogens (tertiary/aromatic N) is 1. The molecular weight excluding hydrogens is 492 g/mol. The van der Waals surface area contributed by atoms with Crippen LogP contribution in [0.2, 0.25) is 0 Å². The molecule has 192 valence electrons. The summed E-state index contributed by atoms with van der Waals surface area (Å²) in [5.74, 6) is 0.724. The predicted molar refractivity (Wildman–Crippen MR) is 142 cm³/mol. The van der Waals surface area contributed by atoms with E-state index in [1.165, 1.54) is 37.6 Å². The highest BCUT2D eigenvalue weighted by atomic mass is 32.2. The van der Waals surface area contributed by atoms with Crippen LogP contribution in [-0.2, 0) is 23.0 Å². The zero-order valence-corrected chi connectivity index (χ0v) is 21.7. The van der Waals surface area contributed by atoms with Crippen molar-refractivity contribution >= 4 is 26.7 Å². The van der Waals surface area contributed by atoms with E-state index in [2.05, 4.69) is 4.98 Å². The summed E-state index contributed by atoms with van der Waals surface area (Å²) in [5, 5.41) is 0.672. The van der Waals surface area contributed by atoms with E-state index < -0.39 is 15.6 Å². The zero-order chi connectivity index (χ0) is 26.6. The molecule has 0 amide bonds. The van der Waals surface area contributed by atoms with Crippen LogP contribution in [0, 0.1) is 0 Å². The number of ketones is 1. The molecule has 0 atom stereocenters. The van der Waals surface area contributed by atoms with Gasteiger partial charge in [0.25, 0.3) is 5.56 Å². The van der Waals surface area contributed by atoms with Gasteiger partial charge in [-0.2, -0.15) is 4.31 Å². The number of H-pyrrole nitrogens is 1. The van der Waals surface area contributed by atoms with Gasteiger partial charge in [0.15, 0.2) is 17.3 Å². The van der Waals surface area contributed by atoms with Crippen molar-refractivity contribution in [1.82, 2.24) is 9.29 Å². The van der Waals surface area contributed by atoms with Crippen molar-refractivity contribution in [3.8, 4) is 11.5 Å². The summed E-state index contributed by atoms with van der Waals surface area (Å²) in [6.07, 6.45) is 0.447. The molecule has 8 nitrogen and oxygen atoms in total. The Kier molecular flexibility index (Phi) is 7.75. The van der Waals surface area contributed by atoms with E-state index in [4.69, 9.17) is 9.47 Å². The number of ether oxygens (including phenoxy) is 2. The van der Waals surface area contributed by atoms with E-state index in [0.717, 1.165) is 5.56 Å². The number of nitrogens with one attached hydrogen (secondary N) is 1. The van der Waals surface area contributed by atoms with Crippen molar-refractivity contribution in [1.29, 1.82) is 0 Å². The molecule has 0 saturated heterocycles. The Morgan fingerprint density at radius 2 is 1.62 bits per heavy atom. The van der Waals surface area contributed by atoms with E-state index in [1.54, 1.807) is 30.3 Å². The standard InChI is InChI=1S/C28H28N2O6S/c1-19(31)21-10-7-11-24(15-21)37(33,34)30(13-12-20-8-5-4-6-9-20)18-23-14-22-16-26(35-2)27(36-3)17-25(22)29-28(23)32/h4-11,14-17H,12-13,18H2,1-3H3,(H,29,32). The summed E-state index contributed by atoms with van der Waals surface area (Å²) in [6.45, 7) is 1.37. The Morgan fingerprint density at radius 3 is 2.30 bits per heavy atom. The Balaban J connectivity index is 1.76. The van der Waals surface area contributed by atoms with Crippen molar-refractivity contribution in [2.75, 3.05) is 20.8 Å². The molecule has 4 rings (SSSR count). The molecule has 0 aliphatic heterocycles. The number of hydrogen-bond donors (Lipinski definition) is 1.